The smallest absolute Gasteiger partial charge is 0.256 e. The molecule has 2 rings (SSSR count). The molecule has 2 aromatic rings. The molecule has 0 saturated heterocycles. The first-order valence-electron chi connectivity index (χ1n) is 6.79. The molecule has 0 heterocycles. The lowest BCUT2D eigenvalue weighted by atomic mass is 10.1. The second-order valence-corrected chi connectivity index (χ2v) is 5.87. The number of hydrogen-bond acceptors (Lipinski definition) is 1. The van der Waals surface area contributed by atoms with Crippen LogP contribution in [-0.4, -0.2) is 17.9 Å². The predicted molar refractivity (Wildman–Crippen MR) is 85.7 cm³/mol. The molecule has 0 aromatic heterocycles. The quantitative estimate of drug-likeness (QED) is 0.799. The van der Waals surface area contributed by atoms with Gasteiger partial charge in [0.15, 0.2) is 0 Å². The highest BCUT2D eigenvalue weighted by atomic mass is 79.9. The first-order chi connectivity index (χ1) is 10.0. The molecular weight excluding hydrogens is 333 g/mol. The van der Waals surface area contributed by atoms with Crippen LogP contribution < -0.4 is 0 Å². The standard InChI is InChI=1S/C17H17BrFNO/c1-3-12-4-6-13(7-5-12)11-20(2)17(21)15-9-8-14(18)10-16(15)19/h4-10H,3,11H2,1-2H3. The van der Waals surface area contributed by atoms with E-state index in [9.17, 15) is 9.18 Å². The fourth-order valence-electron chi connectivity index (χ4n) is 2.09. The van der Waals surface area contributed by atoms with Crippen LogP contribution in [0.15, 0.2) is 46.9 Å². The number of aryl methyl sites for hydroxylation is 1. The highest BCUT2D eigenvalue weighted by Crippen LogP contribution is 2.17. The first-order valence-corrected chi connectivity index (χ1v) is 7.59. The number of rotatable bonds is 4. The maximum Gasteiger partial charge on any atom is 0.256 e. The maximum atomic E-state index is 13.8. The Bertz CT molecular complexity index is 640. The Balaban J connectivity index is 2.11. The SMILES string of the molecule is CCc1ccc(CN(C)C(=O)c2ccc(Br)cc2F)cc1. The Morgan fingerprint density at radius 2 is 1.76 bits per heavy atom. The third-order valence-corrected chi connectivity index (χ3v) is 3.85. The Labute approximate surface area is 132 Å². The summed E-state index contributed by atoms with van der Waals surface area (Å²) in [6.07, 6.45) is 0.985. The van der Waals surface area contributed by atoms with Crippen LogP contribution in [0.5, 0.6) is 0 Å². The van der Waals surface area contributed by atoms with Gasteiger partial charge in [-0.15, -0.1) is 0 Å². The third kappa shape index (κ3) is 3.91. The van der Waals surface area contributed by atoms with Crippen molar-refractivity contribution in [3.8, 4) is 0 Å². The molecule has 110 valence electrons. The molecule has 0 aliphatic heterocycles. The van der Waals surface area contributed by atoms with E-state index in [1.165, 1.54) is 22.6 Å². The lowest BCUT2D eigenvalue weighted by molar-refractivity contribution is 0.0780. The molecule has 0 saturated carbocycles. The molecule has 0 N–H and O–H groups in total. The van der Waals surface area contributed by atoms with Crippen LogP contribution in [0.4, 0.5) is 4.39 Å². The molecular formula is C17H17BrFNO. The molecule has 0 spiro atoms. The number of carbonyl (C=O) groups is 1. The summed E-state index contributed by atoms with van der Waals surface area (Å²) in [5.41, 5.74) is 2.37. The normalized spacial score (nSPS) is 10.5. The van der Waals surface area contributed by atoms with E-state index in [2.05, 4.69) is 22.9 Å². The van der Waals surface area contributed by atoms with Crippen LogP contribution in [0.1, 0.15) is 28.4 Å². The summed E-state index contributed by atoms with van der Waals surface area (Å²) in [5.74, 6) is -0.831. The molecule has 2 aromatic carbocycles. The van der Waals surface area contributed by atoms with Crippen molar-refractivity contribution in [1.82, 2.24) is 4.90 Å². The van der Waals surface area contributed by atoms with Gasteiger partial charge in [-0.1, -0.05) is 47.1 Å². The Hall–Kier alpha value is -1.68. The average molecular weight is 350 g/mol. The van der Waals surface area contributed by atoms with E-state index in [4.69, 9.17) is 0 Å². The highest BCUT2D eigenvalue weighted by Gasteiger charge is 2.16. The zero-order valence-electron chi connectivity index (χ0n) is 12.1. The second kappa shape index (κ2) is 6.85. The largest absolute Gasteiger partial charge is 0.337 e. The number of carbonyl (C=O) groups excluding carboxylic acids is 1. The minimum atomic E-state index is -0.512. The van der Waals surface area contributed by atoms with Crippen molar-refractivity contribution in [2.24, 2.45) is 0 Å². The molecule has 0 atom stereocenters. The molecule has 4 heteroatoms. The zero-order chi connectivity index (χ0) is 15.4. The van der Waals surface area contributed by atoms with Crippen molar-refractivity contribution >= 4 is 21.8 Å². The first kappa shape index (κ1) is 15.7. The van der Waals surface area contributed by atoms with Gasteiger partial charge in [-0.25, -0.2) is 4.39 Å². The van der Waals surface area contributed by atoms with Crippen LogP contribution in [0.25, 0.3) is 0 Å². The van der Waals surface area contributed by atoms with Gasteiger partial charge in [0.05, 0.1) is 5.56 Å². The van der Waals surface area contributed by atoms with E-state index in [0.717, 1.165) is 12.0 Å². The van der Waals surface area contributed by atoms with Crippen LogP contribution in [0, 0.1) is 5.82 Å². The number of halogens is 2. The van der Waals surface area contributed by atoms with Gasteiger partial charge in [0, 0.05) is 18.1 Å². The lowest BCUT2D eigenvalue weighted by Crippen LogP contribution is -2.27. The number of nitrogens with zero attached hydrogens (tertiary/aromatic N) is 1. The molecule has 1 amide bonds. The number of hydrogen-bond donors (Lipinski definition) is 0. The molecule has 0 bridgehead atoms. The van der Waals surface area contributed by atoms with E-state index >= 15 is 0 Å². The lowest BCUT2D eigenvalue weighted by Gasteiger charge is -2.18. The van der Waals surface area contributed by atoms with Crippen LogP contribution in [0.2, 0.25) is 0 Å². The van der Waals surface area contributed by atoms with E-state index in [-0.39, 0.29) is 11.5 Å². The minimum Gasteiger partial charge on any atom is -0.337 e. The van der Waals surface area contributed by atoms with Gasteiger partial charge in [0.25, 0.3) is 5.91 Å². The molecule has 0 radical (unpaired) electrons. The second-order valence-electron chi connectivity index (χ2n) is 4.96. The van der Waals surface area contributed by atoms with E-state index < -0.39 is 5.82 Å². The summed E-state index contributed by atoms with van der Waals surface area (Å²) in [6.45, 7) is 2.55. The summed E-state index contributed by atoms with van der Waals surface area (Å²) in [7, 11) is 1.68. The average Bonchev–Trinajstić information content (AvgIpc) is 2.47. The van der Waals surface area contributed by atoms with Crippen molar-refractivity contribution in [3.63, 3.8) is 0 Å². The zero-order valence-corrected chi connectivity index (χ0v) is 13.7. The highest BCUT2D eigenvalue weighted by molar-refractivity contribution is 9.10. The maximum absolute atomic E-state index is 13.8. The fraction of sp³-hybridized carbons (Fsp3) is 0.235. The molecule has 0 aliphatic rings. The van der Waals surface area contributed by atoms with Gasteiger partial charge in [-0.05, 0) is 35.7 Å². The fourth-order valence-corrected chi connectivity index (χ4v) is 2.43. The van der Waals surface area contributed by atoms with Crippen molar-refractivity contribution in [3.05, 3.63) is 69.4 Å². The van der Waals surface area contributed by atoms with Crippen LogP contribution in [0.3, 0.4) is 0 Å². The summed E-state index contributed by atoms with van der Waals surface area (Å²) in [4.78, 5) is 13.8. The van der Waals surface area contributed by atoms with Gasteiger partial charge in [0.1, 0.15) is 5.82 Å². The Morgan fingerprint density at radius 3 is 2.33 bits per heavy atom. The molecule has 2 nitrogen and oxygen atoms in total. The summed E-state index contributed by atoms with van der Waals surface area (Å²) >= 11 is 3.18. The van der Waals surface area contributed by atoms with E-state index in [1.807, 2.05) is 24.3 Å². The molecule has 0 unspecified atom stereocenters. The monoisotopic (exact) mass is 349 g/mol. The minimum absolute atomic E-state index is 0.0888. The van der Waals surface area contributed by atoms with Gasteiger partial charge in [-0.2, -0.15) is 0 Å². The van der Waals surface area contributed by atoms with E-state index in [1.54, 1.807) is 13.1 Å². The summed E-state index contributed by atoms with van der Waals surface area (Å²) in [5, 5.41) is 0. The van der Waals surface area contributed by atoms with Crippen LogP contribution in [-0.2, 0) is 13.0 Å². The molecule has 0 aliphatic carbocycles. The van der Waals surface area contributed by atoms with Crippen molar-refractivity contribution < 1.29 is 9.18 Å². The number of benzene rings is 2. The topological polar surface area (TPSA) is 20.3 Å². The van der Waals surface area contributed by atoms with Crippen molar-refractivity contribution in [2.75, 3.05) is 7.05 Å². The third-order valence-electron chi connectivity index (χ3n) is 3.36. The molecule has 0 fully saturated rings. The summed E-state index contributed by atoms with van der Waals surface area (Å²) < 4.78 is 14.4. The van der Waals surface area contributed by atoms with Crippen molar-refractivity contribution in [1.29, 1.82) is 0 Å². The molecule has 21 heavy (non-hydrogen) atoms. The van der Waals surface area contributed by atoms with Gasteiger partial charge in [0.2, 0.25) is 0 Å². The predicted octanol–water partition coefficient (Wildman–Crippen LogP) is 4.42. The number of amides is 1. The van der Waals surface area contributed by atoms with Crippen molar-refractivity contribution in [2.45, 2.75) is 19.9 Å². The van der Waals surface area contributed by atoms with E-state index in [0.29, 0.717) is 11.0 Å². The van der Waals surface area contributed by atoms with Gasteiger partial charge >= 0.3 is 0 Å². The van der Waals surface area contributed by atoms with Gasteiger partial charge < -0.3 is 4.90 Å². The Morgan fingerprint density at radius 1 is 1.14 bits per heavy atom. The Kier molecular flexibility index (Phi) is 5.12. The van der Waals surface area contributed by atoms with Gasteiger partial charge in [-0.3, -0.25) is 4.79 Å². The summed E-state index contributed by atoms with van der Waals surface area (Å²) in [6, 6.07) is 12.6. The van der Waals surface area contributed by atoms with Crippen LogP contribution >= 0.6 is 15.9 Å².